The molecule has 1 saturated heterocycles. The number of aliphatic hydroxyl groups excluding tert-OH is 1. The van der Waals surface area contributed by atoms with Crippen LogP contribution in [0.1, 0.15) is 28.8 Å². The highest BCUT2D eigenvalue weighted by atomic mass is 16.5. The zero-order valence-electron chi connectivity index (χ0n) is 20.8. The van der Waals surface area contributed by atoms with Crippen molar-refractivity contribution in [3.8, 4) is 0 Å². The van der Waals surface area contributed by atoms with Crippen LogP contribution in [0.3, 0.4) is 0 Å². The van der Waals surface area contributed by atoms with Crippen LogP contribution in [0.5, 0.6) is 0 Å². The Morgan fingerprint density at radius 1 is 0.973 bits per heavy atom. The minimum atomic E-state index is -0.595. The summed E-state index contributed by atoms with van der Waals surface area (Å²) < 4.78 is 6.16. The number of carbonyl (C=O) groups excluding carboxylic acids is 1. The van der Waals surface area contributed by atoms with Gasteiger partial charge in [0, 0.05) is 13.1 Å². The lowest BCUT2D eigenvalue weighted by Gasteiger charge is -2.48. The van der Waals surface area contributed by atoms with Gasteiger partial charge in [0.15, 0.2) is 0 Å². The highest BCUT2D eigenvalue weighted by Gasteiger charge is 2.44. The summed E-state index contributed by atoms with van der Waals surface area (Å²) in [6.45, 7) is 1.22. The third-order valence-corrected chi connectivity index (χ3v) is 6.93. The molecule has 1 unspecified atom stereocenters. The van der Waals surface area contributed by atoms with Gasteiger partial charge in [-0.15, -0.1) is 5.10 Å². The molecular weight excluding hydrogens is 464 g/mol. The van der Waals surface area contributed by atoms with Gasteiger partial charge in [0.2, 0.25) is 0 Å². The van der Waals surface area contributed by atoms with Crippen LogP contribution in [0.15, 0.2) is 103 Å². The Labute approximate surface area is 216 Å². The summed E-state index contributed by atoms with van der Waals surface area (Å²) >= 11 is 0. The number of hydrogen-bond donors (Lipinski definition) is 1. The van der Waals surface area contributed by atoms with Crippen LogP contribution < -0.4 is 0 Å². The Balaban J connectivity index is 1.60. The van der Waals surface area contributed by atoms with Gasteiger partial charge in [0.25, 0.3) is 0 Å². The van der Waals surface area contributed by atoms with Crippen LogP contribution in [-0.4, -0.2) is 57.3 Å². The van der Waals surface area contributed by atoms with Crippen LogP contribution in [0.4, 0.5) is 0 Å². The zero-order chi connectivity index (χ0) is 25.7. The number of likely N-dealkylation sites (tertiary alicyclic amines) is 1. The maximum absolute atomic E-state index is 11.6. The standard InChI is InChI=1S/C30H30N4O3/c1-37-29(36)22-34-21-27(31-32-34)19-23-20-33(18-17-28(23)35)30(24-11-5-2-6-12-24,25-13-7-3-8-14-25)26-15-9-4-10-16-26/h2-16,19,21,28,35H,17-18,20,22H2,1H3/b23-19+. The molecule has 7 nitrogen and oxygen atoms in total. The summed E-state index contributed by atoms with van der Waals surface area (Å²) in [5.74, 6) is -0.397. The van der Waals surface area contributed by atoms with E-state index >= 15 is 0 Å². The van der Waals surface area contributed by atoms with Gasteiger partial charge in [-0.3, -0.25) is 9.69 Å². The fourth-order valence-electron chi connectivity index (χ4n) is 5.23. The average Bonchev–Trinajstić information content (AvgIpc) is 3.39. The number of aliphatic hydroxyl groups is 1. The molecule has 0 aliphatic carbocycles. The van der Waals surface area contributed by atoms with Crippen LogP contribution in [0, 0.1) is 0 Å². The highest BCUT2D eigenvalue weighted by Crippen LogP contribution is 2.44. The molecule has 0 amide bonds. The van der Waals surface area contributed by atoms with Crippen LogP contribution in [-0.2, 0) is 21.6 Å². The minimum absolute atomic E-state index is 0.0134. The van der Waals surface area contributed by atoms with Crippen LogP contribution >= 0.6 is 0 Å². The van der Waals surface area contributed by atoms with E-state index in [-0.39, 0.29) is 6.54 Å². The molecule has 3 aromatic carbocycles. The lowest BCUT2D eigenvalue weighted by molar-refractivity contribution is -0.141. The number of methoxy groups -OCH3 is 1. The smallest absolute Gasteiger partial charge is 0.327 e. The molecule has 1 aliphatic heterocycles. The minimum Gasteiger partial charge on any atom is -0.468 e. The molecule has 1 atom stereocenters. The second-order valence-corrected chi connectivity index (χ2v) is 9.17. The molecule has 0 spiro atoms. The van der Waals surface area contributed by atoms with Crippen molar-refractivity contribution in [2.24, 2.45) is 0 Å². The molecule has 2 heterocycles. The van der Waals surface area contributed by atoms with E-state index in [0.29, 0.717) is 25.2 Å². The first-order valence-electron chi connectivity index (χ1n) is 12.4. The number of esters is 1. The van der Waals surface area contributed by atoms with Crippen molar-refractivity contribution in [3.63, 3.8) is 0 Å². The first kappa shape index (κ1) is 24.6. The Kier molecular flexibility index (Phi) is 7.25. The van der Waals surface area contributed by atoms with Gasteiger partial charge in [0.05, 0.1) is 24.9 Å². The molecule has 1 fully saturated rings. The van der Waals surface area contributed by atoms with Gasteiger partial charge in [-0.2, -0.15) is 0 Å². The molecule has 0 saturated carbocycles. The van der Waals surface area contributed by atoms with Gasteiger partial charge >= 0.3 is 5.97 Å². The van der Waals surface area contributed by atoms with Crippen molar-refractivity contribution in [2.45, 2.75) is 24.6 Å². The molecule has 5 rings (SSSR count). The fraction of sp³-hybridized carbons (Fsp3) is 0.233. The van der Waals surface area contributed by atoms with Crippen molar-refractivity contribution in [1.29, 1.82) is 0 Å². The molecule has 37 heavy (non-hydrogen) atoms. The molecule has 0 bridgehead atoms. The molecule has 0 radical (unpaired) electrons. The first-order valence-corrected chi connectivity index (χ1v) is 12.4. The summed E-state index contributed by atoms with van der Waals surface area (Å²) in [5, 5.41) is 19.2. The molecule has 1 aromatic heterocycles. The van der Waals surface area contributed by atoms with Crippen molar-refractivity contribution < 1.29 is 14.6 Å². The van der Waals surface area contributed by atoms with E-state index in [2.05, 4.69) is 88.0 Å². The Morgan fingerprint density at radius 3 is 2.03 bits per heavy atom. The Bertz CT molecular complexity index is 1260. The number of rotatable bonds is 7. The van der Waals surface area contributed by atoms with Gasteiger partial charge in [0.1, 0.15) is 12.2 Å². The summed E-state index contributed by atoms with van der Waals surface area (Å²) in [6.07, 6.45) is 3.55. The van der Waals surface area contributed by atoms with E-state index in [9.17, 15) is 9.90 Å². The Morgan fingerprint density at radius 2 is 1.51 bits per heavy atom. The number of benzene rings is 3. The number of carbonyl (C=O) groups is 1. The van der Waals surface area contributed by atoms with Crippen molar-refractivity contribution in [1.82, 2.24) is 19.9 Å². The summed E-state index contributed by atoms with van der Waals surface area (Å²) in [7, 11) is 1.34. The maximum atomic E-state index is 11.6. The second-order valence-electron chi connectivity index (χ2n) is 9.17. The molecule has 7 heteroatoms. The summed E-state index contributed by atoms with van der Waals surface area (Å²) in [5.41, 5.74) is 4.35. The maximum Gasteiger partial charge on any atom is 0.327 e. The number of hydrogen-bond acceptors (Lipinski definition) is 6. The van der Waals surface area contributed by atoms with Gasteiger partial charge < -0.3 is 9.84 Å². The first-order chi connectivity index (χ1) is 18.1. The number of aromatic nitrogens is 3. The third-order valence-electron chi connectivity index (χ3n) is 6.93. The summed E-state index contributed by atoms with van der Waals surface area (Å²) in [4.78, 5) is 14.1. The Hall–Kier alpha value is -4.07. The number of ether oxygens (including phenoxy) is 1. The molecule has 1 N–H and O–H groups in total. The van der Waals surface area contributed by atoms with E-state index in [1.54, 1.807) is 6.20 Å². The van der Waals surface area contributed by atoms with Crippen LogP contribution in [0.2, 0.25) is 0 Å². The average molecular weight is 495 g/mol. The second kappa shape index (κ2) is 10.9. The summed E-state index contributed by atoms with van der Waals surface area (Å²) in [6, 6.07) is 31.6. The molecular formula is C30H30N4O3. The van der Waals surface area contributed by atoms with E-state index in [1.165, 1.54) is 11.8 Å². The normalized spacial score (nSPS) is 17.6. The van der Waals surface area contributed by atoms with Crippen molar-refractivity contribution in [3.05, 3.63) is 125 Å². The molecule has 1 aliphatic rings. The fourth-order valence-corrected chi connectivity index (χ4v) is 5.23. The quantitative estimate of drug-likeness (QED) is 0.310. The lowest BCUT2D eigenvalue weighted by Crippen LogP contribution is -2.52. The van der Waals surface area contributed by atoms with Crippen molar-refractivity contribution in [2.75, 3.05) is 20.2 Å². The molecule has 188 valence electrons. The van der Waals surface area contributed by atoms with E-state index < -0.39 is 17.6 Å². The van der Waals surface area contributed by atoms with Gasteiger partial charge in [-0.25, -0.2) is 4.68 Å². The van der Waals surface area contributed by atoms with E-state index in [4.69, 9.17) is 4.74 Å². The zero-order valence-corrected chi connectivity index (χ0v) is 20.8. The molecule has 4 aromatic rings. The lowest BCUT2D eigenvalue weighted by atomic mass is 9.74. The van der Waals surface area contributed by atoms with Gasteiger partial charge in [-0.05, 0) is 34.8 Å². The van der Waals surface area contributed by atoms with E-state index in [1.807, 2.05) is 24.3 Å². The van der Waals surface area contributed by atoms with Crippen LogP contribution in [0.25, 0.3) is 6.08 Å². The van der Waals surface area contributed by atoms with Gasteiger partial charge in [-0.1, -0.05) is 96.2 Å². The number of nitrogens with zero attached hydrogens (tertiary/aromatic N) is 4. The van der Waals surface area contributed by atoms with E-state index in [0.717, 1.165) is 22.3 Å². The predicted molar refractivity (Wildman–Crippen MR) is 141 cm³/mol. The van der Waals surface area contributed by atoms with Crippen molar-refractivity contribution >= 4 is 12.0 Å². The SMILES string of the molecule is COC(=O)Cn1cc(/C=C2\CN(C(c3ccccc3)(c3ccccc3)c3ccccc3)CCC2O)nn1. The third kappa shape index (κ3) is 4.96. The largest absolute Gasteiger partial charge is 0.468 e. The monoisotopic (exact) mass is 494 g/mol. The predicted octanol–water partition coefficient (Wildman–Crippen LogP) is 3.89. The number of piperidine rings is 1. The topological polar surface area (TPSA) is 80.5 Å². The highest BCUT2D eigenvalue weighted by molar-refractivity contribution is 5.68.